The molecule has 4 heteroatoms. The first-order valence-corrected chi connectivity index (χ1v) is 5.54. The molecule has 0 saturated carbocycles. The molecule has 1 rings (SSSR count). The molecular formula is C9H15NO2S. The van der Waals surface area contributed by atoms with E-state index >= 15 is 0 Å². The molecule has 1 aliphatic heterocycles. The molecule has 0 atom stereocenters. The first-order chi connectivity index (χ1) is 6.18. The van der Waals surface area contributed by atoms with E-state index < -0.39 is 5.97 Å². The van der Waals surface area contributed by atoms with Gasteiger partial charge in [0.05, 0.1) is 0 Å². The predicted octanol–water partition coefficient (Wildman–Crippen LogP) is 1.07. The Morgan fingerprint density at radius 2 is 2.15 bits per heavy atom. The van der Waals surface area contributed by atoms with Crippen molar-refractivity contribution in [2.75, 3.05) is 31.1 Å². The SMILES string of the molecule is CC(=CC(=O)O)CN1CCSCC1. The Balaban J connectivity index is 2.33. The topological polar surface area (TPSA) is 40.5 Å². The summed E-state index contributed by atoms with van der Waals surface area (Å²) in [5, 5.41) is 8.51. The molecule has 1 aliphatic rings. The van der Waals surface area contributed by atoms with Crippen LogP contribution in [0.3, 0.4) is 0 Å². The molecule has 74 valence electrons. The van der Waals surface area contributed by atoms with E-state index in [1.807, 2.05) is 18.7 Å². The quantitative estimate of drug-likeness (QED) is 0.693. The molecule has 0 aromatic heterocycles. The first-order valence-electron chi connectivity index (χ1n) is 4.38. The fourth-order valence-electron chi connectivity index (χ4n) is 1.37. The molecule has 1 fully saturated rings. The van der Waals surface area contributed by atoms with Crippen LogP contribution in [0, 0.1) is 0 Å². The van der Waals surface area contributed by atoms with Crippen molar-refractivity contribution in [3.63, 3.8) is 0 Å². The van der Waals surface area contributed by atoms with E-state index in [4.69, 9.17) is 5.11 Å². The van der Waals surface area contributed by atoms with Gasteiger partial charge in [0, 0.05) is 37.2 Å². The van der Waals surface area contributed by atoms with Crippen LogP contribution >= 0.6 is 11.8 Å². The van der Waals surface area contributed by atoms with Crippen LogP contribution in [-0.2, 0) is 4.79 Å². The predicted molar refractivity (Wildman–Crippen MR) is 55.2 cm³/mol. The number of hydrogen-bond acceptors (Lipinski definition) is 3. The van der Waals surface area contributed by atoms with Crippen LogP contribution in [0.2, 0.25) is 0 Å². The van der Waals surface area contributed by atoms with Gasteiger partial charge < -0.3 is 5.11 Å². The van der Waals surface area contributed by atoms with E-state index in [0.717, 1.165) is 25.2 Å². The Morgan fingerprint density at radius 1 is 1.54 bits per heavy atom. The van der Waals surface area contributed by atoms with Gasteiger partial charge in [-0.15, -0.1) is 0 Å². The fraction of sp³-hybridized carbons (Fsp3) is 0.667. The molecule has 1 heterocycles. The third-order valence-corrected chi connectivity index (χ3v) is 2.89. The van der Waals surface area contributed by atoms with Gasteiger partial charge in [-0.2, -0.15) is 11.8 Å². The third-order valence-electron chi connectivity index (χ3n) is 1.95. The first kappa shape index (κ1) is 10.6. The number of carboxylic acids is 1. The largest absolute Gasteiger partial charge is 0.478 e. The zero-order valence-corrected chi connectivity index (χ0v) is 8.64. The van der Waals surface area contributed by atoms with Gasteiger partial charge >= 0.3 is 5.97 Å². The minimum absolute atomic E-state index is 0.798. The summed E-state index contributed by atoms with van der Waals surface area (Å²) >= 11 is 1.96. The maximum absolute atomic E-state index is 10.4. The molecule has 0 aromatic rings. The average molecular weight is 201 g/mol. The number of rotatable bonds is 3. The van der Waals surface area contributed by atoms with Crippen LogP contribution in [0.5, 0.6) is 0 Å². The van der Waals surface area contributed by atoms with Crippen molar-refractivity contribution < 1.29 is 9.90 Å². The highest BCUT2D eigenvalue weighted by Gasteiger charge is 2.10. The molecule has 13 heavy (non-hydrogen) atoms. The zero-order chi connectivity index (χ0) is 9.68. The summed E-state index contributed by atoms with van der Waals surface area (Å²) < 4.78 is 0. The average Bonchev–Trinajstić information content (AvgIpc) is 2.04. The Labute approximate surface area is 82.8 Å². The molecule has 0 amide bonds. The van der Waals surface area contributed by atoms with E-state index in [0.29, 0.717) is 0 Å². The molecular weight excluding hydrogens is 186 g/mol. The van der Waals surface area contributed by atoms with Crippen molar-refractivity contribution in [3.05, 3.63) is 11.6 Å². The summed E-state index contributed by atoms with van der Waals surface area (Å²) in [4.78, 5) is 12.6. The van der Waals surface area contributed by atoms with Crippen LogP contribution in [0.15, 0.2) is 11.6 Å². The van der Waals surface area contributed by atoms with Gasteiger partial charge in [-0.25, -0.2) is 4.79 Å². The highest BCUT2D eigenvalue weighted by Crippen LogP contribution is 2.10. The third kappa shape index (κ3) is 4.33. The maximum Gasteiger partial charge on any atom is 0.328 e. The van der Waals surface area contributed by atoms with Gasteiger partial charge in [-0.3, -0.25) is 4.90 Å². The Morgan fingerprint density at radius 3 is 2.69 bits per heavy atom. The number of aliphatic carboxylic acids is 1. The van der Waals surface area contributed by atoms with Crippen LogP contribution < -0.4 is 0 Å². The van der Waals surface area contributed by atoms with Crippen molar-refractivity contribution in [2.45, 2.75) is 6.92 Å². The second-order valence-electron chi connectivity index (χ2n) is 3.22. The molecule has 0 aromatic carbocycles. The van der Waals surface area contributed by atoms with Crippen molar-refractivity contribution in [1.82, 2.24) is 4.90 Å². The summed E-state index contributed by atoms with van der Waals surface area (Å²) in [6, 6.07) is 0. The normalized spacial score (nSPS) is 20.2. The minimum atomic E-state index is -0.844. The summed E-state index contributed by atoms with van der Waals surface area (Å²) in [5.41, 5.74) is 0.930. The Bertz CT molecular complexity index is 210. The standard InChI is InChI=1S/C9H15NO2S/c1-8(6-9(11)12)7-10-2-4-13-5-3-10/h6H,2-5,7H2,1H3,(H,11,12). The van der Waals surface area contributed by atoms with Crippen LogP contribution in [0.4, 0.5) is 0 Å². The number of carboxylic acid groups (broad SMARTS) is 1. The van der Waals surface area contributed by atoms with Crippen molar-refractivity contribution >= 4 is 17.7 Å². The van der Waals surface area contributed by atoms with Gasteiger partial charge in [0.2, 0.25) is 0 Å². The monoisotopic (exact) mass is 201 g/mol. The Kier molecular flexibility index (Phi) is 4.32. The summed E-state index contributed by atoms with van der Waals surface area (Å²) in [6.45, 7) is 4.83. The van der Waals surface area contributed by atoms with Gasteiger partial charge in [0.1, 0.15) is 0 Å². The highest BCUT2D eigenvalue weighted by molar-refractivity contribution is 7.99. The lowest BCUT2D eigenvalue weighted by atomic mass is 10.2. The van der Waals surface area contributed by atoms with Gasteiger partial charge in [-0.1, -0.05) is 5.57 Å². The Hall–Kier alpha value is -0.480. The van der Waals surface area contributed by atoms with Gasteiger partial charge in [0.15, 0.2) is 0 Å². The molecule has 0 radical (unpaired) electrons. The molecule has 0 aliphatic carbocycles. The zero-order valence-electron chi connectivity index (χ0n) is 7.82. The summed E-state index contributed by atoms with van der Waals surface area (Å²) in [5.74, 6) is 1.49. The fourth-order valence-corrected chi connectivity index (χ4v) is 2.35. The molecule has 0 unspecified atom stereocenters. The van der Waals surface area contributed by atoms with E-state index in [9.17, 15) is 4.79 Å². The highest BCUT2D eigenvalue weighted by atomic mass is 32.2. The molecule has 0 spiro atoms. The lowest BCUT2D eigenvalue weighted by Crippen LogP contribution is -2.33. The maximum atomic E-state index is 10.4. The number of hydrogen-bond donors (Lipinski definition) is 1. The van der Waals surface area contributed by atoms with Crippen LogP contribution in [0.1, 0.15) is 6.92 Å². The molecule has 0 bridgehead atoms. The molecule has 1 saturated heterocycles. The second-order valence-corrected chi connectivity index (χ2v) is 4.44. The lowest BCUT2D eigenvalue weighted by Gasteiger charge is -2.26. The van der Waals surface area contributed by atoms with Crippen molar-refractivity contribution in [3.8, 4) is 0 Å². The van der Waals surface area contributed by atoms with E-state index in [-0.39, 0.29) is 0 Å². The van der Waals surface area contributed by atoms with Crippen LogP contribution in [-0.4, -0.2) is 47.1 Å². The number of nitrogens with zero attached hydrogens (tertiary/aromatic N) is 1. The molecule has 3 nitrogen and oxygen atoms in total. The van der Waals surface area contributed by atoms with E-state index in [1.54, 1.807) is 0 Å². The van der Waals surface area contributed by atoms with Gasteiger partial charge in [-0.05, 0) is 6.92 Å². The summed E-state index contributed by atoms with van der Waals surface area (Å²) in [6.07, 6.45) is 1.29. The van der Waals surface area contributed by atoms with Gasteiger partial charge in [0.25, 0.3) is 0 Å². The second kappa shape index (κ2) is 5.29. The van der Waals surface area contributed by atoms with E-state index in [1.165, 1.54) is 17.6 Å². The van der Waals surface area contributed by atoms with E-state index in [2.05, 4.69) is 4.90 Å². The minimum Gasteiger partial charge on any atom is -0.478 e. The smallest absolute Gasteiger partial charge is 0.328 e. The van der Waals surface area contributed by atoms with Crippen molar-refractivity contribution in [2.24, 2.45) is 0 Å². The number of carbonyl (C=O) groups is 1. The number of thioether (sulfide) groups is 1. The summed E-state index contributed by atoms with van der Waals surface area (Å²) in [7, 11) is 0. The lowest BCUT2D eigenvalue weighted by molar-refractivity contribution is -0.131. The molecule has 1 N–H and O–H groups in total. The van der Waals surface area contributed by atoms with Crippen LogP contribution in [0.25, 0.3) is 0 Å². The van der Waals surface area contributed by atoms with Crippen molar-refractivity contribution in [1.29, 1.82) is 0 Å².